The van der Waals surface area contributed by atoms with Crippen molar-refractivity contribution in [1.82, 2.24) is 14.8 Å². The quantitative estimate of drug-likeness (QED) is 0.345. The van der Waals surface area contributed by atoms with E-state index in [4.69, 9.17) is 9.47 Å². The van der Waals surface area contributed by atoms with Crippen LogP contribution in [-0.4, -0.2) is 90.8 Å². The third kappa shape index (κ3) is 6.86. The lowest BCUT2D eigenvalue weighted by Crippen LogP contribution is -2.50. The van der Waals surface area contributed by atoms with Crippen LogP contribution in [0.4, 0.5) is 14.5 Å². The molecule has 0 unspecified atom stereocenters. The molecule has 2 aromatic carbocycles. The van der Waals surface area contributed by atoms with Gasteiger partial charge in [0.1, 0.15) is 24.2 Å². The lowest BCUT2D eigenvalue weighted by Gasteiger charge is -2.37. The zero-order chi connectivity index (χ0) is 25.5. The summed E-state index contributed by atoms with van der Waals surface area (Å²) in [6.45, 7) is 3.88. The van der Waals surface area contributed by atoms with Gasteiger partial charge in [-0.05, 0) is 42.0 Å². The average molecular weight is 503 g/mol. The number of aliphatic hydroxyl groups is 2. The fraction of sp³-hybridized carbons (Fsp3) is 0.423. The molecule has 1 aliphatic rings. The Hall–Kier alpha value is -2.89. The van der Waals surface area contributed by atoms with Crippen LogP contribution in [0.5, 0.6) is 5.75 Å². The van der Waals surface area contributed by atoms with E-state index in [0.717, 1.165) is 54.5 Å². The van der Waals surface area contributed by atoms with Crippen molar-refractivity contribution in [3.63, 3.8) is 0 Å². The maximum absolute atomic E-state index is 13.3. The van der Waals surface area contributed by atoms with Crippen molar-refractivity contribution in [2.75, 3.05) is 65.0 Å². The first-order valence-electron chi connectivity index (χ1n) is 11.9. The Labute approximate surface area is 209 Å². The number of β-amino-alcohol motifs (C(OH)–C–C–N with tert-alkyl or cyclic N) is 1. The van der Waals surface area contributed by atoms with E-state index in [1.807, 2.05) is 24.3 Å². The van der Waals surface area contributed by atoms with E-state index in [1.54, 1.807) is 13.3 Å². The summed E-state index contributed by atoms with van der Waals surface area (Å²) in [5, 5.41) is 23.7. The van der Waals surface area contributed by atoms with E-state index in [2.05, 4.69) is 20.1 Å². The predicted molar refractivity (Wildman–Crippen MR) is 133 cm³/mol. The van der Waals surface area contributed by atoms with E-state index in [9.17, 15) is 19.0 Å². The number of aliphatic hydroxyl groups excluding tert-OH is 2. The SMILES string of the molecule is COc1ccc2nccc([C@H](CN3CCN(C[C@H](O)CNc4cc(F)cc(F)c4)CC3)OCO)c2c1. The van der Waals surface area contributed by atoms with Crippen molar-refractivity contribution in [3.8, 4) is 5.75 Å². The van der Waals surface area contributed by atoms with Crippen LogP contribution in [0.1, 0.15) is 11.7 Å². The number of halogens is 2. The minimum Gasteiger partial charge on any atom is -0.497 e. The molecule has 1 fully saturated rings. The van der Waals surface area contributed by atoms with Crippen molar-refractivity contribution in [1.29, 1.82) is 0 Å². The van der Waals surface area contributed by atoms with E-state index in [-0.39, 0.29) is 12.6 Å². The van der Waals surface area contributed by atoms with Crippen molar-refractivity contribution >= 4 is 16.6 Å². The molecule has 2 heterocycles. The van der Waals surface area contributed by atoms with Gasteiger partial charge in [0.25, 0.3) is 0 Å². The summed E-state index contributed by atoms with van der Waals surface area (Å²) in [4.78, 5) is 8.85. The summed E-state index contributed by atoms with van der Waals surface area (Å²) in [5.41, 5.74) is 2.06. The maximum Gasteiger partial charge on any atom is 0.144 e. The molecule has 0 spiro atoms. The first kappa shape index (κ1) is 26.2. The van der Waals surface area contributed by atoms with Crippen LogP contribution in [0.2, 0.25) is 0 Å². The number of pyridine rings is 1. The summed E-state index contributed by atoms with van der Waals surface area (Å²) in [6.07, 6.45) is 0.704. The van der Waals surface area contributed by atoms with Crippen molar-refractivity contribution in [2.24, 2.45) is 0 Å². The number of hydrogen-bond donors (Lipinski definition) is 3. The van der Waals surface area contributed by atoms with Crippen LogP contribution in [0.15, 0.2) is 48.7 Å². The van der Waals surface area contributed by atoms with E-state index in [0.29, 0.717) is 18.8 Å². The van der Waals surface area contributed by atoms with Crippen molar-refractivity contribution < 1.29 is 28.5 Å². The molecule has 4 rings (SSSR count). The molecule has 194 valence electrons. The molecule has 1 aliphatic heterocycles. The first-order valence-corrected chi connectivity index (χ1v) is 11.9. The average Bonchev–Trinajstić information content (AvgIpc) is 2.87. The van der Waals surface area contributed by atoms with Crippen LogP contribution in [0, 0.1) is 11.6 Å². The number of anilines is 1. The summed E-state index contributed by atoms with van der Waals surface area (Å²) in [5.74, 6) is -0.598. The van der Waals surface area contributed by atoms with E-state index >= 15 is 0 Å². The molecule has 1 aromatic heterocycles. The lowest BCUT2D eigenvalue weighted by molar-refractivity contribution is -0.0665. The van der Waals surface area contributed by atoms with Gasteiger partial charge in [-0.1, -0.05) is 0 Å². The van der Waals surface area contributed by atoms with Crippen LogP contribution in [-0.2, 0) is 4.74 Å². The Morgan fingerprint density at radius 2 is 1.69 bits per heavy atom. The molecule has 3 aromatic rings. The number of piperazine rings is 1. The molecule has 0 bridgehead atoms. The second-order valence-electron chi connectivity index (χ2n) is 8.86. The highest BCUT2D eigenvalue weighted by Crippen LogP contribution is 2.29. The molecule has 1 saturated heterocycles. The fourth-order valence-electron chi connectivity index (χ4n) is 4.53. The molecular formula is C26H32F2N4O4. The maximum atomic E-state index is 13.3. The van der Waals surface area contributed by atoms with Gasteiger partial charge in [0.15, 0.2) is 0 Å². The van der Waals surface area contributed by atoms with Gasteiger partial charge in [-0.2, -0.15) is 0 Å². The molecule has 2 atom stereocenters. The number of hydrogen-bond acceptors (Lipinski definition) is 8. The normalized spacial score (nSPS) is 16.7. The summed E-state index contributed by atoms with van der Waals surface area (Å²) >= 11 is 0. The van der Waals surface area contributed by atoms with Gasteiger partial charge in [0, 0.05) is 69.2 Å². The van der Waals surface area contributed by atoms with Crippen molar-refractivity contribution in [3.05, 3.63) is 65.9 Å². The van der Waals surface area contributed by atoms with Crippen molar-refractivity contribution in [2.45, 2.75) is 12.2 Å². The Kier molecular flexibility index (Phi) is 9.00. The van der Waals surface area contributed by atoms with Gasteiger partial charge in [-0.15, -0.1) is 0 Å². The molecular weight excluding hydrogens is 470 g/mol. The number of fused-ring (bicyclic) bond motifs is 1. The van der Waals surface area contributed by atoms with E-state index in [1.165, 1.54) is 12.1 Å². The molecule has 3 N–H and O–H groups in total. The van der Waals surface area contributed by atoms with Gasteiger partial charge in [-0.25, -0.2) is 8.78 Å². The number of rotatable bonds is 11. The highest BCUT2D eigenvalue weighted by molar-refractivity contribution is 5.83. The van der Waals surface area contributed by atoms with Gasteiger partial charge < -0.3 is 25.0 Å². The van der Waals surface area contributed by atoms with Gasteiger partial charge >= 0.3 is 0 Å². The monoisotopic (exact) mass is 502 g/mol. The lowest BCUT2D eigenvalue weighted by atomic mass is 10.0. The zero-order valence-electron chi connectivity index (χ0n) is 20.2. The molecule has 0 saturated carbocycles. The summed E-state index contributed by atoms with van der Waals surface area (Å²) in [7, 11) is 1.62. The van der Waals surface area contributed by atoms with Gasteiger partial charge in [0.2, 0.25) is 0 Å². The summed E-state index contributed by atoms with van der Waals surface area (Å²) < 4.78 is 37.8. The Bertz CT molecular complexity index is 1120. The van der Waals surface area contributed by atoms with E-state index < -0.39 is 24.5 Å². The van der Waals surface area contributed by atoms with Gasteiger partial charge in [0.05, 0.1) is 24.8 Å². The number of nitrogens with one attached hydrogen (secondary N) is 1. The Morgan fingerprint density at radius 3 is 2.36 bits per heavy atom. The summed E-state index contributed by atoms with van der Waals surface area (Å²) in [6, 6.07) is 10.8. The smallest absolute Gasteiger partial charge is 0.144 e. The van der Waals surface area contributed by atoms with Crippen LogP contribution in [0.25, 0.3) is 10.9 Å². The molecule has 36 heavy (non-hydrogen) atoms. The highest BCUT2D eigenvalue weighted by Gasteiger charge is 2.24. The second kappa shape index (κ2) is 12.4. The number of methoxy groups -OCH3 is 1. The third-order valence-electron chi connectivity index (χ3n) is 6.37. The first-order chi connectivity index (χ1) is 17.4. The Morgan fingerprint density at radius 1 is 1.00 bits per heavy atom. The van der Waals surface area contributed by atoms with Gasteiger partial charge in [-0.3, -0.25) is 14.8 Å². The molecule has 0 radical (unpaired) electrons. The number of aromatic nitrogens is 1. The standard InChI is InChI=1S/C26H32F2N4O4/c1-35-22-2-3-25-24(13-22)23(4-5-29-25)26(36-17-33)16-32-8-6-31(7-9-32)15-21(34)14-30-20-11-18(27)10-19(28)12-20/h2-5,10-13,21,26,30,33-34H,6-9,14-17H2,1H3/t21-,26+/m1/s1. The minimum atomic E-state index is -0.688. The minimum absolute atomic E-state index is 0.189. The number of benzene rings is 2. The second-order valence-corrected chi connectivity index (χ2v) is 8.86. The van der Waals surface area contributed by atoms with Crippen LogP contribution < -0.4 is 10.1 Å². The predicted octanol–water partition coefficient (Wildman–Crippen LogP) is 2.62. The zero-order valence-corrected chi connectivity index (χ0v) is 20.2. The number of nitrogens with zero attached hydrogens (tertiary/aromatic N) is 3. The van der Waals surface area contributed by atoms with Crippen LogP contribution >= 0.6 is 0 Å². The molecule has 8 nitrogen and oxygen atoms in total. The largest absolute Gasteiger partial charge is 0.497 e. The fourth-order valence-corrected chi connectivity index (χ4v) is 4.53. The Balaban J connectivity index is 1.31. The molecule has 10 heteroatoms. The molecule has 0 aliphatic carbocycles. The molecule has 0 amide bonds. The third-order valence-corrected chi connectivity index (χ3v) is 6.37. The van der Waals surface area contributed by atoms with Crippen LogP contribution in [0.3, 0.4) is 0 Å². The highest BCUT2D eigenvalue weighted by atomic mass is 19.1. The number of ether oxygens (including phenoxy) is 2. The topological polar surface area (TPSA) is 90.3 Å².